The molecule has 0 fully saturated rings. The van der Waals surface area contributed by atoms with Crippen molar-refractivity contribution in [1.29, 1.82) is 0 Å². The number of nitrogens with zero attached hydrogens (tertiary/aromatic N) is 2. The molecular formula is C13H11Cl2N3S. The van der Waals surface area contributed by atoms with Gasteiger partial charge >= 0.3 is 0 Å². The molecule has 3 nitrogen and oxygen atoms in total. The highest BCUT2D eigenvalue weighted by atomic mass is 35.5. The molecule has 2 heterocycles. The van der Waals surface area contributed by atoms with Crippen molar-refractivity contribution in [3.05, 3.63) is 57.3 Å². The first kappa shape index (κ1) is 12.9. The smallest absolute Gasteiger partial charge is 0.193 e. The molecule has 1 atom stereocenters. The van der Waals surface area contributed by atoms with Crippen LogP contribution in [0, 0.1) is 0 Å². The van der Waals surface area contributed by atoms with Crippen molar-refractivity contribution in [2.75, 3.05) is 0 Å². The lowest BCUT2D eigenvalue weighted by molar-refractivity contribution is 0.711. The number of hydrogen-bond donors (Lipinski definition) is 1. The summed E-state index contributed by atoms with van der Waals surface area (Å²) in [7, 11) is 0. The second kappa shape index (κ2) is 5.13. The van der Waals surface area contributed by atoms with E-state index in [9.17, 15) is 0 Å². The predicted octanol–water partition coefficient (Wildman–Crippen LogP) is 3.95. The van der Waals surface area contributed by atoms with Crippen LogP contribution in [0.2, 0.25) is 10.0 Å². The van der Waals surface area contributed by atoms with Crippen LogP contribution in [-0.4, -0.2) is 9.38 Å². The lowest BCUT2D eigenvalue weighted by Crippen LogP contribution is -2.14. The van der Waals surface area contributed by atoms with Gasteiger partial charge in [0.05, 0.1) is 5.69 Å². The van der Waals surface area contributed by atoms with Gasteiger partial charge in [-0.3, -0.25) is 4.40 Å². The maximum Gasteiger partial charge on any atom is 0.193 e. The van der Waals surface area contributed by atoms with Gasteiger partial charge in [0.25, 0.3) is 0 Å². The molecule has 0 aliphatic heterocycles. The fraction of sp³-hybridized carbons (Fsp3) is 0.154. The Morgan fingerprint density at radius 2 is 2.05 bits per heavy atom. The van der Waals surface area contributed by atoms with Crippen LogP contribution in [-0.2, 0) is 6.42 Å². The highest BCUT2D eigenvalue weighted by Gasteiger charge is 2.16. The minimum absolute atomic E-state index is 0.259. The van der Waals surface area contributed by atoms with Crippen molar-refractivity contribution in [2.45, 2.75) is 12.5 Å². The molecule has 0 radical (unpaired) electrons. The second-order valence-electron chi connectivity index (χ2n) is 4.27. The molecule has 2 N–H and O–H groups in total. The number of rotatable bonds is 3. The van der Waals surface area contributed by atoms with Crippen molar-refractivity contribution >= 4 is 39.5 Å². The van der Waals surface area contributed by atoms with Crippen LogP contribution in [0.4, 0.5) is 0 Å². The third kappa shape index (κ3) is 2.49. The molecule has 3 rings (SSSR count). The van der Waals surface area contributed by atoms with E-state index in [4.69, 9.17) is 28.9 Å². The highest BCUT2D eigenvalue weighted by molar-refractivity contribution is 7.15. The molecule has 0 bridgehead atoms. The number of nitrogens with two attached hydrogens (primary N) is 1. The number of halogens is 2. The van der Waals surface area contributed by atoms with E-state index in [-0.39, 0.29) is 6.04 Å². The number of thiazole rings is 1. The minimum atomic E-state index is -0.259. The van der Waals surface area contributed by atoms with E-state index in [1.54, 1.807) is 23.5 Å². The molecule has 3 aromatic rings. The molecule has 19 heavy (non-hydrogen) atoms. The summed E-state index contributed by atoms with van der Waals surface area (Å²) < 4.78 is 1.99. The quantitative estimate of drug-likeness (QED) is 0.796. The molecule has 0 aliphatic carbocycles. The molecule has 0 saturated carbocycles. The third-order valence-corrected chi connectivity index (χ3v) is 4.37. The van der Waals surface area contributed by atoms with Crippen molar-refractivity contribution in [3.63, 3.8) is 0 Å². The highest BCUT2D eigenvalue weighted by Crippen LogP contribution is 2.30. The predicted molar refractivity (Wildman–Crippen MR) is 80.2 cm³/mol. The first-order valence-electron chi connectivity index (χ1n) is 5.75. The molecule has 0 saturated heterocycles. The summed E-state index contributed by atoms with van der Waals surface area (Å²) in [5.74, 6) is 0. The van der Waals surface area contributed by atoms with Gasteiger partial charge in [-0.05, 0) is 12.1 Å². The van der Waals surface area contributed by atoms with Crippen LogP contribution in [0.25, 0.3) is 4.96 Å². The van der Waals surface area contributed by atoms with Crippen molar-refractivity contribution in [1.82, 2.24) is 9.38 Å². The van der Waals surface area contributed by atoms with Gasteiger partial charge in [-0.15, -0.1) is 11.3 Å². The zero-order valence-electron chi connectivity index (χ0n) is 9.88. The van der Waals surface area contributed by atoms with Gasteiger partial charge in [0.1, 0.15) is 0 Å². The first-order chi connectivity index (χ1) is 9.15. The topological polar surface area (TPSA) is 43.3 Å². The fourth-order valence-electron chi connectivity index (χ4n) is 2.07. The molecule has 1 unspecified atom stereocenters. The Labute approximate surface area is 124 Å². The van der Waals surface area contributed by atoms with Crippen LogP contribution in [0.15, 0.2) is 36.0 Å². The summed E-state index contributed by atoms with van der Waals surface area (Å²) in [5.41, 5.74) is 7.92. The molecular weight excluding hydrogens is 301 g/mol. The summed E-state index contributed by atoms with van der Waals surface area (Å²) >= 11 is 13.9. The standard InChI is InChI=1S/C13H11Cl2N3S/c14-9-2-1-3-10(15)12(9)11(16)6-8-7-18-4-5-19-13(18)17-8/h1-5,7,11H,6,16H2. The summed E-state index contributed by atoms with van der Waals surface area (Å²) in [5, 5.41) is 3.19. The Morgan fingerprint density at radius 3 is 2.74 bits per heavy atom. The zero-order chi connectivity index (χ0) is 13.4. The Bertz CT molecular complexity index is 671. The monoisotopic (exact) mass is 311 g/mol. The van der Waals surface area contributed by atoms with E-state index in [1.165, 1.54) is 0 Å². The SMILES string of the molecule is NC(Cc1cn2ccsc2n1)c1c(Cl)cccc1Cl. The maximum atomic E-state index is 6.20. The van der Waals surface area contributed by atoms with Gasteiger partial charge in [0.2, 0.25) is 0 Å². The Hall–Kier alpha value is -1.07. The van der Waals surface area contributed by atoms with E-state index in [1.807, 2.05) is 28.2 Å². The average Bonchev–Trinajstić information content (AvgIpc) is 2.89. The van der Waals surface area contributed by atoms with Crippen molar-refractivity contribution in [2.24, 2.45) is 5.73 Å². The number of fused-ring (bicyclic) bond motifs is 1. The largest absolute Gasteiger partial charge is 0.324 e. The number of benzene rings is 1. The molecule has 2 aromatic heterocycles. The van der Waals surface area contributed by atoms with Gasteiger partial charge in [-0.1, -0.05) is 29.3 Å². The molecule has 0 spiro atoms. The lowest BCUT2D eigenvalue weighted by Gasteiger charge is -2.14. The summed E-state index contributed by atoms with van der Waals surface area (Å²) in [4.78, 5) is 5.48. The Morgan fingerprint density at radius 1 is 1.32 bits per heavy atom. The van der Waals surface area contributed by atoms with E-state index >= 15 is 0 Å². The average molecular weight is 312 g/mol. The van der Waals surface area contributed by atoms with Crippen LogP contribution in [0.3, 0.4) is 0 Å². The van der Waals surface area contributed by atoms with Gasteiger partial charge in [-0.2, -0.15) is 0 Å². The van der Waals surface area contributed by atoms with Gasteiger partial charge < -0.3 is 5.73 Å². The van der Waals surface area contributed by atoms with Crippen LogP contribution in [0.5, 0.6) is 0 Å². The van der Waals surface area contributed by atoms with E-state index in [0.717, 1.165) is 16.2 Å². The Balaban J connectivity index is 1.88. The normalized spacial score (nSPS) is 13.0. The number of imidazole rings is 1. The molecule has 1 aromatic carbocycles. The fourth-order valence-corrected chi connectivity index (χ4v) is 3.46. The zero-order valence-corrected chi connectivity index (χ0v) is 12.2. The van der Waals surface area contributed by atoms with Gasteiger partial charge in [0.15, 0.2) is 4.96 Å². The van der Waals surface area contributed by atoms with Crippen molar-refractivity contribution < 1.29 is 0 Å². The number of aromatic nitrogens is 2. The first-order valence-corrected chi connectivity index (χ1v) is 7.39. The van der Waals surface area contributed by atoms with Gasteiger partial charge in [-0.25, -0.2) is 4.98 Å². The summed E-state index contributed by atoms with van der Waals surface area (Å²) in [6.07, 6.45) is 4.57. The molecule has 0 aliphatic rings. The molecule has 98 valence electrons. The van der Waals surface area contributed by atoms with Crippen molar-refractivity contribution in [3.8, 4) is 0 Å². The van der Waals surface area contributed by atoms with Crippen LogP contribution >= 0.6 is 34.5 Å². The van der Waals surface area contributed by atoms with Gasteiger partial charge in [0, 0.05) is 45.8 Å². The van der Waals surface area contributed by atoms with Crippen LogP contribution < -0.4 is 5.73 Å². The lowest BCUT2D eigenvalue weighted by atomic mass is 10.0. The minimum Gasteiger partial charge on any atom is -0.324 e. The summed E-state index contributed by atoms with van der Waals surface area (Å²) in [6, 6.07) is 5.15. The van der Waals surface area contributed by atoms with E-state index < -0.39 is 0 Å². The van der Waals surface area contributed by atoms with E-state index in [2.05, 4.69) is 4.98 Å². The third-order valence-electron chi connectivity index (χ3n) is 2.94. The molecule has 0 amide bonds. The second-order valence-corrected chi connectivity index (χ2v) is 5.96. The van der Waals surface area contributed by atoms with E-state index in [0.29, 0.717) is 16.5 Å². The summed E-state index contributed by atoms with van der Waals surface area (Å²) in [6.45, 7) is 0. The maximum absolute atomic E-state index is 6.20. The Kier molecular flexibility index (Phi) is 3.50. The number of hydrogen-bond acceptors (Lipinski definition) is 3. The van der Waals surface area contributed by atoms with Crippen LogP contribution in [0.1, 0.15) is 17.3 Å². The molecule has 6 heteroatoms.